The summed E-state index contributed by atoms with van der Waals surface area (Å²) in [7, 11) is 0. The number of hydrogen-bond acceptors (Lipinski definition) is 1. The molecule has 1 saturated carbocycles. The van der Waals surface area contributed by atoms with Crippen molar-refractivity contribution >= 4 is 0 Å². The van der Waals surface area contributed by atoms with Crippen molar-refractivity contribution in [2.24, 2.45) is 5.92 Å². The summed E-state index contributed by atoms with van der Waals surface area (Å²) in [6.45, 7) is 5.73. The van der Waals surface area contributed by atoms with Gasteiger partial charge in [0, 0.05) is 5.92 Å². The van der Waals surface area contributed by atoms with Crippen LogP contribution in [0.1, 0.15) is 55.2 Å². The van der Waals surface area contributed by atoms with Gasteiger partial charge in [0.1, 0.15) is 5.82 Å². The third-order valence-electron chi connectivity index (χ3n) is 4.03. The van der Waals surface area contributed by atoms with Gasteiger partial charge in [-0.3, -0.25) is 0 Å². The van der Waals surface area contributed by atoms with Gasteiger partial charge in [-0.15, -0.1) is 0 Å². The Hall–Kier alpha value is -0.890. The highest BCUT2D eigenvalue weighted by atomic mass is 19.1. The molecule has 0 saturated heterocycles. The van der Waals surface area contributed by atoms with Crippen molar-refractivity contribution in [3.63, 3.8) is 0 Å². The smallest absolute Gasteiger partial charge is 0.126 e. The number of halogens is 1. The Kier molecular flexibility index (Phi) is 2.70. The van der Waals surface area contributed by atoms with Crippen LogP contribution in [0.25, 0.3) is 0 Å². The summed E-state index contributed by atoms with van der Waals surface area (Å²) in [6.07, 6.45) is 2.29. The lowest BCUT2D eigenvalue weighted by Crippen LogP contribution is -2.21. The maximum atomic E-state index is 14.1. The van der Waals surface area contributed by atoms with Gasteiger partial charge in [-0.25, -0.2) is 4.39 Å². The normalized spacial score (nSPS) is 23.9. The Morgan fingerprint density at radius 1 is 1.24 bits per heavy atom. The van der Waals surface area contributed by atoms with E-state index in [1.165, 1.54) is 11.1 Å². The lowest BCUT2D eigenvalue weighted by atomic mass is 9.83. The van der Waals surface area contributed by atoms with E-state index in [4.69, 9.17) is 4.74 Å². The van der Waals surface area contributed by atoms with E-state index in [9.17, 15) is 4.39 Å². The molecule has 0 aromatic heterocycles. The number of rotatable bonds is 2. The summed E-state index contributed by atoms with van der Waals surface area (Å²) in [6, 6.07) is 3.83. The Morgan fingerprint density at radius 2 is 2.00 bits per heavy atom. The topological polar surface area (TPSA) is 9.23 Å². The zero-order chi connectivity index (χ0) is 12.0. The van der Waals surface area contributed by atoms with Gasteiger partial charge in [0.2, 0.25) is 0 Å². The largest absolute Gasteiger partial charge is 0.376 e. The second kappa shape index (κ2) is 4.09. The second-order valence-corrected chi connectivity index (χ2v) is 5.71. The van der Waals surface area contributed by atoms with Crippen LogP contribution in [-0.2, 0) is 11.3 Å². The summed E-state index contributed by atoms with van der Waals surface area (Å²) in [5, 5.41) is 0. The van der Waals surface area contributed by atoms with Crippen molar-refractivity contribution in [2.75, 3.05) is 6.61 Å². The molecule has 1 aliphatic carbocycles. The van der Waals surface area contributed by atoms with E-state index in [1.807, 2.05) is 0 Å². The molecular formula is C15H19FO. The van der Waals surface area contributed by atoms with Crippen LogP contribution in [0.15, 0.2) is 12.1 Å². The lowest BCUT2D eigenvalue weighted by Gasteiger charge is -2.29. The summed E-state index contributed by atoms with van der Waals surface area (Å²) in [5.74, 6) is 1.32. The predicted octanol–water partition coefficient (Wildman–Crippen LogP) is 3.97. The van der Waals surface area contributed by atoms with E-state index in [0.717, 1.165) is 25.0 Å². The Labute approximate surface area is 102 Å². The fourth-order valence-corrected chi connectivity index (χ4v) is 2.77. The first kappa shape index (κ1) is 11.2. The summed E-state index contributed by atoms with van der Waals surface area (Å²) < 4.78 is 19.7. The molecule has 2 aliphatic rings. The van der Waals surface area contributed by atoms with E-state index < -0.39 is 0 Å². The molecule has 0 bridgehead atoms. The molecule has 1 nitrogen and oxygen atoms in total. The highest BCUT2D eigenvalue weighted by Gasteiger charge is 2.30. The zero-order valence-corrected chi connectivity index (χ0v) is 10.5. The van der Waals surface area contributed by atoms with Crippen LogP contribution in [0.4, 0.5) is 4.39 Å². The Morgan fingerprint density at radius 3 is 2.65 bits per heavy atom. The molecule has 3 rings (SSSR count). The number of hydrogen-bond donors (Lipinski definition) is 0. The standard InChI is InChI=1S/C15H19FO/c1-9(2)14-8-17-7-11-5-13(10-3-4-10)15(16)6-12(11)14/h5-6,9-10,14H,3-4,7-8H2,1-2H3/t14-/m1/s1. The minimum Gasteiger partial charge on any atom is -0.376 e. The molecule has 0 amide bonds. The summed E-state index contributed by atoms with van der Waals surface area (Å²) >= 11 is 0. The van der Waals surface area contributed by atoms with Gasteiger partial charge in [0.25, 0.3) is 0 Å². The van der Waals surface area contributed by atoms with Crippen molar-refractivity contribution < 1.29 is 9.13 Å². The van der Waals surface area contributed by atoms with Crippen LogP contribution in [-0.4, -0.2) is 6.61 Å². The van der Waals surface area contributed by atoms with Crippen LogP contribution in [0.5, 0.6) is 0 Å². The van der Waals surface area contributed by atoms with Crippen LogP contribution in [0.2, 0.25) is 0 Å². The number of ether oxygens (including phenoxy) is 1. The minimum atomic E-state index is -0.00111. The summed E-state index contributed by atoms with van der Waals surface area (Å²) in [5.41, 5.74) is 3.29. The number of benzene rings is 1. The monoisotopic (exact) mass is 234 g/mol. The zero-order valence-electron chi connectivity index (χ0n) is 10.5. The van der Waals surface area contributed by atoms with Crippen molar-refractivity contribution in [1.82, 2.24) is 0 Å². The molecule has 1 aromatic carbocycles. The lowest BCUT2D eigenvalue weighted by molar-refractivity contribution is 0.0789. The van der Waals surface area contributed by atoms with E-state index >= 15 is 0 Å². The van der Waals surface area contributed by atoms with Crippen LogP contribution in [0, 0.1) is 11.7 Å². The predicted molar refractivity (Wildman–Crippen MR) is 65.6 cm³/mol. The van der Waals surface area contributed by atoms with Crippen molar-refractivity contribution in [3.05, 3.63) is 34.6 Å². The fourth-order valence-electron chi connectivity index (χ4n) is 2.77. The molecule has 92 valence electrons. The van der Waals surface area contributed by atoms with Gasteiger partial charge in [-0.05, 0) is 47.4 Å². The van der Waals surface area contributed by atoms with E-state index in [-0.39, 0.29) is 5.82 Å². The second-order valence-electron chi connectivity index (χ2n) is 5.71. The Bertz CT molecular complexity index is 435. The third-order valence-corrected chi connectivity index (χ3v) is 4.03. The highest BCUT2D eigenvalue weighted by Crippen LogP contribution is 2.43. The molecule has 0 unspecified atom stereocenters. The first-order valence-electron chi connectivity index (χ1n) is 6.56. The first-order chi connectivity index (χ1) is 8.16. The van der Waals surface area contributed by atoms with Gasteiger partial charge < -0.3 is 4.74 Å². The highest BCUT2D eigenvalue weighted by molar-refractivity contribution is 5.39. The maximum Gasteiger partial charge on any atom is 0.126 e. The number of fused-ring (bicyclic) bond motifs is 1. The molecule has 1 fully saturated rings. The quantitative estimate of drug-likeness (QED) is 0.752. The maximum absolute atomic E-state index is 14.1. The summed E-state index contributed by atoms with van der Waals surface area (Å²) in [4.78, 5) is 0. The molecule has 0 N–H and O–H groups in total. The van der Waals surface area contributed by atoms with E-state index in [2.05, 4.69) is 19.9 Å². The first-order valence-corrected chi connectivity index (χ1v) is 6.56. The SMILES string of the molecule is CC(C)[C@H]1COCc2cc(C3CC3)c(F)cc21. The van der Waals surface area contributed by atoms with Crippen LogP contribution < -0.4 is 0 Å². The molecule has 0 radical (unpaired) electrons. The van der Waals surface area contributed by atoms with Gasteiger partial charge >= 0.3 is 0 Å². The minimum absolute atomic E-state index is 0.00111. The van der Waals surface area contributed by atoms with Crippen LogP contribution >= 0.6 is 0 Å². The molecule has 1 atom stereocenters. The molecule has 0 spiro atoms. The Balaban J connectivity index is 2.03. The van der Waals surface area contributed by atoms with Gasteiger partial charge in [-0.1, -0.05) is 19.9 Å². The van der Waals surface area contributed by atoms with Gasteiger partial charge in [0.15, 0.2) is 0 Å². The van der Waals surface area contributed by atoms with E-state index in [0.29, 0.717) is 24.4 Å². The van der Waals surface area contributed by atoms with Crippen molar-refractivity contribution in [3.8, 4) is 0 Å². The molecule has 2 heteroatoms. The third kappa shape index (κ3) is 1.99. The van der Waals surface area contributed by atoms with Gasteiger partial charge in [-0.2, -0.15) is 0 Å². The average molecular weight is 234 g/mol. The molecule has 17 heavy (non-hydrogen) atoms. The van der Waals surface area contributed by atoms with Gasteiger partial charge in [0.05, 0.1) is 13.2 Å². The van der Waals surface area contributed by atoms with Crippen molar-refractivity contribution in [1.29, 1.82) is 0 Å². The van der Waals surface area contributed by atoms with Crippen molar-refractivity contribution in [2.45, 2.75) is 45.1 Å². The average Bonchev–Trinajstić information content (AvgIpc) is 3.11. The molecule has 1 aliphatic heterocycles. The fraction of sp³-hybridized carbons (Fsp3) is 0.600. The molecule has 1 heterocycles. The van der Waals surface area contributed by atoms with E-state index in [1.54, 1.807) is 6.07 Å². The molecular weight excluding hydrogens is 215 g/mol. The van der Waals surface area contributed by atoms with Crippen LogP contribution in [0.3, 0.4) is 0 Å². The molecule has 1 aromatic rings.